The largest absolute Gasteiger partial charge is 4.00 e. The van der Waals surface area contributed by atoms with E-state index >= 15 is 0 Å². The van der Waals surface area contributed by atoms with Crippen molar-refractivity contribution in [3.8, 4) is 0 Å². The Balaban J connectivity index is 0. The number of hydrogen-bond donors (Lipinski definition) is 0. The first kappa shape index (κ1) is 42.8. The van der Waals surface area contributed by atoms with E-state index in [-0.39, 0.29) is 92.1 Å². The van der Waals surface area contributed by atoms with E-state index < -0.39 is 0 Å². The number of rotatable bonds is 0. The molecule has 42 heavy (non-hydrogen) atoms. The van der Waals surface area contributed by atoms with Crippen LogP contribution in [0.4, 0.5) is 0 Å². The second-order valence-electron chi connectivity index (χ2n) is 9.88. The molecule has 0 aliphatic heterocycles. The number of aryl methyl sites for hydroxylation is 4. The molecule has 0 N–H and O–H groups in total. The van der Waals surface area contributed by atoms with Crippen LogP contribution in [0.25, 0.3) is 21.5 Å². The minimum absolute atomic E-state index is 0. The molecule has 4 heteroatoms. The van der Waals surface area contributed by atoms with Gasteiger partial charge in [0.15, 0.2) is 0 Å². The third-order valence-corrected chi connectivity index (χ3v) is 7.39. The summed E-state index contributed by atoms with van der Waals surface area (Å²) >= 11 is 0. The molecule has 0 radical (unpaired) electrons. The minimum Gasteiger partial charge on any atom is -1.00 e. The van der Waals surface area contributed by atoms with Crippen molar-refractivity contribution in [2.24, 2.45) is 0 Å². The first-order valence-electron chi connectivity index (χ1n) is 13.5. The fraction of sp³-hybridized carbons (Fsp3) is 0.211. The van der Waals surface area contributed by atoms with Gasteiger partial charge in [-0.2, -0.15) is 81.6 Å². The van der Waals surface area contributed by atoms with Crippen LogP contribution in [0.2, 0.25) is 0 Å². The summed E-state index contributed by atoms with van der Waals surface area (Å²) in [5, 5.41) is 5.32. The Morgan fingerprint density at radius 3 is 1.14 bits per heavy atom. The van der Waals surface area contributed by atoms with E-state index in [0.29, 0.717) is 0 Å². The van der Waals surface area contributed by atoms with Gasteiger partial charge in [0.1, 0.15) is 0 Å². The number of hydrogen-bond acceptors (Lipinski definition) is 0. The van der Waals surface area contributed by atoms with Gasteiger partial charge in [-0.05, 0) is 0 Å². The molecule has 0 spiro atoms. The third kappa shape index (κ3) is 12.4. The van der Waals surface area contributed by atoms with Crippen molar-refractivity contribution in [1.29, 1.82) is 0 Å². The molecule has 0 fully saturated rings. The predicted molar refractivity (Wildman–Crippen MR) is 169 cm³/mol. The van der Waals surface area contributed by atoms with Crippen LogP contribution in [0.1, 0.15) is 47.9 Å². The molecule has 0 aromatic heterocycles. The van der Waals surface area contributed by atoms with Crippen LogP contribution >= 0.6 is 0 Å². The summed E-state index contributed by atoms with van der Waals surface area (Å²) in [5.74, 6) is 0. The molecule has 0 saturated heterocycles. The zero-order valence-electron chi connectivity index (χ0n) is 25.0. The Morgan fingerprint density at radius 1 is 0.405 bits per heavy atom. The normalized spacial score (nSPS) is 11.8. The fourth-order valence-electron chi connectivity index (χ4n) is 5.37. The summed E-state index contributed by atoms with van der Waals surface area (Å²) < 4.78 is 0. The van der Waals surface area contributed by atoms with Crippen LogP contribution < -0.4 is 24.8 Å². The van der Waals surface area contributed by atoms with Crippen LogP contribution in [0.3, 0.4) is 0 Å². The van der Waals surface area contributed by atoms with Gasteiger partial charge in [-0.15, -0.1) is 59.3 Å². The number of halogens is 2. The maximum Gasteiger partial charge on any atom is 4.00 e. The quantitative estimate of drug-likeness (QED) is 0.200. The standard InChI is InChI=1S/2C9H11.2C9H7.2CH3.2ClH.2Zr/c4*1-2-5-9-7-3-6-8(9)4-1;;;;;;/h2*3,6-7H,1-2,4-5H2;2*1-7H;2*1H3;2*1H;;/q6*-1;;;2*+4/p-2. The molecule has 0 nitrogen and oxygen atoms in total. The van der Waals surface area contributed by atoms with E-state index in [4.69, 9.17) is 0 Å². The number of benzene rings is 2. The van der Waals surface area contributed by atoms with E-state index in [9.17, 15) is 0 Å². The van der Waals surface area contributed by atoms with E-state index in [1.807, 2.05) is 0 Å². The summed E-state index contributed by atoms with van der Waals surface area (Å²) in [6.45, 7) is 0. The van der Waals surface area contributed by atoms with Gasteiger partial charge in [-0.3, -0.25) is 0 Å². The molecule has 216 valence electrons. The molecule has 2 aliphatic carbocycles. The molecular formula is C38H42Cl2Zr2. The minimum atomic E-state index is 0. The van der Waals surface area contributed by atoms with Crippen LogP contribution in [-0.4, -0.2) is 0 Å². The van der Waals surface area contributed by atoms with Crippen molar-refractivity contribution in [1.82, 2.24) is 0 Å². The molecule has 0 heterocycles. The summed E-state index contributed by atoms with van der Waals surface area (Å²) in [5.41, 5.74) is 6.39. The van der Waals surface area contributed by atoms with Crippen molar-refractivity contribution in [3.05, 3.63) is 158 Å². The average Bonchev–Trinajstić information content (AvgIpc) is 3.76. The summed E-state index contributed by atoms with van der Waals surface area (Å²) in [6.07, 6.45) is 10.9. The van der Waals surface area contributed by atoms with Crippen LogP contribution in [0.5, 0.6) is 0 Å². The molecule has 6 aromatic carbocycles. The number of fused-ring (bicyclic) bond motifs is 4. The SMILES string of the molecule is [CH3-].[CH3-].[Cl-].[Cl-].[Zr+4].[Zr+4].c1cc2c([cH-]1)CCCC2.c1cc2c([cH-]1)CCCC2.c1ccc2[cH-]ccc2c1.c1ccc2[cH-]ccc2c1. The van der Waals surface area contributed by atoms with Crippen molar-refractivity contribution in [2.45, 2.75) is 51.4 Å². The zero-order valence-corrected chi connectivity index (χ0v) is 31.4. The van der Waals surface area contributed by atoms with E-state index in [1.54, 1.807) is 22.3 Å². The van der Waals surface area contributed by atoms with Crippen molar-refractivity contribution >= 4 is 21.5 Å². The Kier molecular flexibility index (Phi) is 23.6. The maximum absolute atomic E-state index is 2.26. The smallest absolute Gasteiger partial charge is 1.00 e. The van der Waals surface area contributed by atoms with Crippen LogP contribution in [0, 0.1) is 14.9 Å². The van der Waals surface area contributed by atoms with Crippen molar-refractivity contribution in [2.75, 3.05) is 0 Å². The topological polar surface area (TPSA) is 0 Å². The Labute approximate surface area is 305 Å². The maximum atomic E-state index is 2.26. The summed E-state index contributed by atoms with van der Waals surface area (Å²) in [7, 11) is 0. The van der Waals surface area contributed by atoms with Gasteiger partial charge in [0.25, 0.3) is 0 Å². The van der Waals surface area contributed by atoms with Gasteiger partial charge in [0.2, 0.25) is 0 Å². The van der Waals surface area contributed by atoms with Crippen LogP contribution in [0.15, 0.2) is 121 Å². The molecular weight excluding hydrogens is 710 g/mol. The van der Waals surface area contributed by atoms with Gasteiger partial charge in [0, 0.05) is 0 Å². The van der Waals surface area contributed by atoms with Gasteiger partial charge in [-0.25, -0.2) is 12.1 Å². The molecule has 0 atom stereocenters. The molecule has 8 rings (SSSR count). The molecule has 0 bridgehead atoms. The first-order valence-corrected chi connectivity index (χ1v) is 13.5. The fourth-order valence-corrected chi connectivity index (χ4v) is 5.37. The van der Waals surface area contributed by atoms with Crippen molar-refractivity contribution in [3.63, 3.8) is 0 Å². The van der Waals surface area contributed by atoms with E-state index in [0.717, 1.165) is 0 Å². The van der Waals surface area contributed by atoms with Gasteiger partial charge < -0.3 is 39.7 Å². The molecule has 6 aromatic rings. The monoisotopic (exact) mass is 748 g/mol. The summed E-state index contributed by atoms with van der Waals surface area (Å²) in [4.78, 5) is 0. The Hall–Kier alpha value is -1.29. The van der Waals surface area contributed by atoms with Crippen LogP contribution in [-0.2, 0) is 78.1 Å². The molecule has 0 saturated carbocycles. The summed E-state index contributed by atoms with van der Waals surface area (Å²) in [6, 6.07) is 42.7. The first-order chi connectivity index (χ1) is 17.9. The zero-order chi connectivity index (χ0) is 24.4. The molecule has 2 aliphatic rings. The average molecular weight is 752 g/mol. The Bertz CT molecular complexity index is 1250. The van der Waals surface area contributed by atoms with Gasteiger partial charge in [0.05, 0.1) is 0 Å². The Morgan fingerprint density at radius 2 is 0.762 bits per heavy atom. The van der Waals surface area contributed by atoms with E-state index in [1.165, 1.54) is 72.9 Å². The third-order valence-electron chi connectivity index (χ3n) is 7.39. The van der Waals surface area contributed by atoms with Crippen molar-refractivity contribution < 1.29 is 77.2 Å². The second-order valence-corrected chi connectivity index (χ2v) is 9.88. The predicted octanol–water partition coefficient (Wildman–Crippen LogP) is 4.59. The second kappa shape index (κ2) is 23.1. The molecule has 0 amide bonds. The van der Waals surface area contributed by atoms with Gasteiger partial charge in [-0.1, -0.05) is 63.5 Å². The van der Waals surface area contributed by atoms with Gasteiger partial charge >= 0.3 is 52.4 Å². The van der Waals surface area contributed by atoms with E-state index in [2.05, 4.69) is 121 Å². The molecule has 0 unspecified atom stereocenters.